The van der Waals surface area contributed by atoms with Crippen molar-refractivity contribution in [2.45, 2.75) is 25.5 Å². The van der Waals surface area contributed by atoms with Gasteiger partial charge in [-0.15, -0.1) is 0 Å². The lowest BCUT2D eigenvalue weighted by Crippen LogP contribution is -2.31. The number of carbonyl (C=O) groups is 1. The van der Waals surface area contributed by atoms with Crippen molar-refractivity contribution in [3.63, 3.8) is 0 Å². The number of halogens is 3. The lowest BCUT2D eigenvalue weighted by molar-refractivity contribution is -0.113. The Kier molecular flexibility index (Phi) is 6.64. The number of para-hydroxylation sites is 1. The van der Waals surface area contributed by atoms with E-state index < -0.39 is 11.7 Å². The molecule has 2 aromatic carbocycles. The van der Waals surface area contributed by atoms with Gasteiger partial charge in [0, 0.05) is 6.42 Å². The molecule has 1 amide bonds. The number of amidine groups is 1. The van der Waals surface area contributed by atoms with Crippen LogP contribution in [-0.4, -0.2) is 21.2 Å². The van der Waals surface area contributed by atoms with Gasteiger partial charge in [-0.2, -0.15) is 4.98 Å². The maximum Gasteiger partial charge on any atom is 0.283 e. The molecule has 0 saturated heterocycles. The van der Waals surface area contributed by atoms with E-state index in [2.05, 4.69) is 15.1 Å². The molecule has 0 spiro atoms. The molecule has 164 valence electrons. The first-order chi connectivity index (χ1) is 15.4. The SMILES string of the molecule is CCc1noc(C(C)SC2=N/C(=C/c3ccc(Cl)c(Cl)c3)C(=O)N2c2ccccc2F)n1. The van der Waals surface area contributed by atoms with E-state index in [9.17, 15) is 9.18 Å². The quantitative estimate of drug-likeness (QED) is 0.391. The van der Waals surface area contributed by atoms with Crippen molar-refractivity contribution in [1.29, 1.82) is 0 Å². The van der Waals surface area contributed by atoms with E-state index in [1.165, 1.54) is 28.8 Å². The van der Waals surface area contributed by atoms with Crippen LogP contribution in [0.1, 0.15) is 36.4 Å². The Morgan fingerprint density at radius 2 is 2.00 bits per heavy atom. The van der Waals surface area contributed by atoms with Crippen LogP contribution >= 0.6 is 35.0 Å². The lowest BCUT2D eigenvalue weighted by atomic mass is 10.2. The minimum absolute atomic E-state index is 0.105. The molecule has 0 aliphatic carbocycles. The molecule has 10 heteroatoms. The van der Waals surface area contributed by atoms with Gasteiger partial charge in [0.05, 0.1) is 21.0 Å². The van der Waals surface area contributed by atoms with Gasteiger partial charge >= 0.3 is 0 Å². The number of thioether (sulfide) groups is 1. The number of amides is 1. The fraction of sp³-hybridized carbons (Fsp3) is 0.182. The van der Waals surface area contributed by atoms with Crippen LogP contribution in [-0.2, 0) is 11.2 Å². The average molecular weight is 491 g/mol. The van der Waals surface area contributed by atoms with Crippen LogP contribution in [0.2, 0.25) is 10.0 Å². The monoisotopic (exact) mass is 490 g/mol. The number of hydrogen-bond acceptors (Lipinski definition) is 6. The summed E-state index contributed by atoms with van der Waals surface area (Å²) < 4.78 is 19.9. The molecule has 0 saturated carbocycles. The average Bonchev–Trinajstić information content (AvgIpc) is 3.37. The number of hydrogen-bond donors (Lipinski definition) is 0. The predicted molar refractivity (Wildman–Crippen MR) is 125 cm³/mol. The molecule has 4 rings (SSSR count). The van der Waals surface area contributed by atoms with Crippen LogP contribution in [0, 0.1) is 5.82 Å². The van der Waals surface area contributed by atoms with E-state index in [0.29, 0.717) is 38.9 Å². The van der Waals surface area contributed by atoms with Crippen molar-refractivity contribution in [3.05, 3.63) is 81.3 Å². The van der Waals surface area contributed by atoms with Gasteiger partial charge in [-0.1, -0.05) is 65.2 Å². The number of aromatic nitrogens is 2. The smallest absolute Gasteiger partial charge is 0.283 e. The Morgan fingerprint density at radius 1 is 1.22 bits per heavy atom. The number of nitrogens with zero attached hydrogens (tertiary/aromatic N) is 4. The highest BCUT2D eigenvalue weighted by Gasteiger charge is 2.35. The molecule has 6 nitrogen and oxygen atoms in total. The van der Waals surface area contributed by atoms with Gasteiger partial charge in [0.25, 0.3) is 5.91 Å². The van der Waals surface area contributed by atoms with Crippen molar-refractivity contribution < 1.29 is 13.7 Å². The molecule has 0 N–H and O–H groups in total. The Hall–Kier alpha value is -2.68. The van der Waals surface area contributed by atoms with Gasteiger partial charge in [0.15, 0.2) is 11.0 Å². The molecule has 0 bridgehead atoms. The topological polar surface area (TPSA) is 71.6 Å². The zero-order valence-electron chi connectivity index (χ0n) is 17.1. The van der Waals surface area contributed by atoms with Crippen LogP contribution in [0.4, 0.5) is 10.1 Å². The molecule has 1 aliphatic heterocycles. The van der Waals surface area contributed by atoms with Gasteiger partial charge in [0.2, 0.25) is 5.89 Å². The van der Waals surface area contributed by atoms with Crippen molar-refractivity contribution in [3.8, 4) is 0 Å². The number of aliphatic imine (C=N–C) groups is 1. The van der Waals surface area contributed by atoms with E-state index in [0.717, 1.165) is 0 Å². The Bertz CT molecular complexity index is 1240. The van der Waals surface area contributed by atoms with E-state index in [4.69, 9.17) is 27.7 Å². The lowest BCUT2D eigenvalue weighted by Gasteiger charge is -2.19. The highest BCUT2D eigenvalue weighted by Crippen LogP contribution is 2.37. The summed E-state index contributed by atoms with van der Waals surface area (Å²) in [6.07, 6.45) is 2.22. The molecule has 1 aromatic heterocycles. The summed E-state index contributed by atoms with van der Waals surface area (Å²) in [6, 6.07) is 11.0. The Labute approximate surface area is 198 Å². The predicted octanol–water partition coefficient (Wildman–Crippen LogP) is 6.32. The Balaban J connectivity index is 1.72. The molecular weight excluding hydrogens is 474 g/mol. The zero-order chi connectivity index (χ0) is 22.8. The molecule has 2 heterocycles. The second-order valence-electron chi connectivity index (χ2n) is 6.85. The zero-order valence-corrected chi connectivity index (χ0v) is 19.4. The molecule has 1 aliphatic rings. The summed E-state index contributed by atoms with van der Waals surface area (Å²) in [5.41, 5.74) is 0.887. The fourth-order valence-electron chi connectivity index (χ4n) is 2.97. The third kappa shape index (κ3) is 4.57. The number of rotatable bonds is 5. The normalized spacial score (nSPS) is 16.0. The third-order valence-electron chi connectivity index (χ3n) is 4.60. The van der Waals surface area contributed by atoms with Gasteiger partial charge in [0.1, 0.15) is 11.5 Å². The van der Waals surface area contributed by atoms with Crippen molar-refractivity contribution in [2.24, 2.45) is 4.99 Å². The number of carbonyl (C=O) groups excluding carboxylic acids is 1. The summed E-state index contributed by atoms with van der Waals surface area (Å²) in [6.45, 7) is 3.77. The van der Waals surface area contributed by atoms with E-state index in [1.807, 2.05) is 13.8 Å². The number of anilines is 1. The molecule has 3 aromatic rings. The second-order valence-corrected chi connectivity index (χ2v) is 8.97. The second kappa shape index (κ2) is 9.44. The number of aryl methyl sites for hydroxylation is 1. The van der Waals surface area contributed by atoms with Crippen LogP contribution in [0.3, 0.4) is 0 Å². The summed E-state index contributed by atoms with van der Waals surface area (Å²) in [5.74, 6) is -0.0141. The van der Waals surface area contributed by atoms with Crippen LogP contribution < -0.4 is 4.90 Å². The van der Waals surface area contributed by atoms with Crippen molar-refractivity contribution in [1.82, 2.24) is 10.1 Å². The standard InChI is InChI=1S/C22H17Cl2FN4O2S/c1-3-19-27-20(31-28-19)12(2)32-22-26-17(11-13-8-9-14(23)15(24)10-13)21(30)29(22)18-7-5-4-6-16(18)25/h4-12H,3H2,1-2H3/b17-11+. The highest BCUT2D eigenvalue weighted by atomic mass is 35.5. The molecule has 1 unspecified atom stereocenters. The molecule has 32 heavy (non-hydrogen) atoms. The van der Waals surface area contributed by atoms with Gasteiger partial charge < -0.3 is 4.52 Å². The highest BCUT2D eigenvalue weighted by molar-refractivity contribution is 8.14. The van der Waals surface area contributed by atoms with Crippen molar-refractivity contribution >= 4 is 57.8 Å². The van der Waals surface area contributed by atoms with E-state index in [1.54, 1.807) is 36.4 Å². The minimum atomic E-state index is -0.538. The van der Waals surface area contributed by atoms with E-state index in [-0.39, 0.29) is 16.6 Å². The van der Waals surface area contributed by atoms with Crippen molar-refractivity contribution in [2.75, 3.05) is 4.90 Å². The third-order valence-corrected chi connectivity index (χ3v) is 6.38. The first kappa shape index (κ1) is 22.5. The first-order valence-electron chi connectivity index (χ1n) is 9.71. The molecule has 0 fully saturated rings. The minimum Gasteiger partial charge on any atom is -0.338 e. The van der Waals surface area contributed by atoms with Crippen LogP contribution in [0.15, 0.2) is 57.7 Å². The fourth-order valence-corrected chi connectivity index (χ4v) is 4.22. The molecule has 0 radical (unpaired) electrons. The Morgan fingerprint density at radius 3 is 2.69 bits per heavy atom. The summed E-state index contributed by atoms with van der Waals surface area (Å²) in [7, 11) is 0. The molecular formula is C22H17Cl2FN4O2S. The summed E-state index contributed by atoms with van der Waals surface area (Å²) in [5, 5.41) is 4.65. The van der Waals surface area contributed by atoms with E-state index >= 15 is 0 Å². The maximum absolute atomic E-state index is 14.6. The van der Waals surface area contributed by atoms with Gasteiger partial charge in [-0.05, 0) is 42.8 Å². The summed E-state index contributed by atoms with van der Waals surface area (Å²) in [4.78, 5) is 23.3. The van der Waals surface area contributed by atoms with Gasteiger partial charge in [-0.3, -0.25) is 9.69 Å². The molecule has 1 atom stereocenters. The largest absolute Gasteiger partial charge is 0.338 e. The first-order valence-corrected chi connectivity index (χ1v) is 11.3. The number of benzene rings is 2. The summed E-state index contributed by atoms with van der Waals surface area (Å²) >= 11 is 13.3. The van der Waals surface area contributed by atoms with Gasteiger partial charge in [-0.25, -0.2) is 9.38 Å². The van der Waals surface area contributed by atoms with Crippen LogP contribution in [0.5, 0.6) is 0 Å². The maximum atomic E-state index is 14.6. The van der Waals surface area contributed by atoms with Crippen LogP contribution in [0.25, 0.3) is 6.08 Å².